The summed E-state index contributed by atoms with van der Waals surface area (Å²) in [6, 6.07) is 63.8. The van der Waals surface area contributed by atoms with Crippen LogP contribution in [0.2, 0.25) is 0 Å². The van der Waals surface area contributed by atoms with E-state index in [2.05, 4.69) is 184 Å². The Morgan fingerprint density at radius 2 is 0.902 bits per heavy atom. The van der Waals surface area contributed by atoms with E-state index in [4.69, 9.17) is 0 Å². The molecule has 0 radical (unpaired) electrons. The Bertz CT molecular complexity index is 3020. The largest absolute Gasteiger partial charge is 0.0622 e. The van der Waals surface area contributed by atoms with Crippen molar-refractivity contribution in [1.29, 1.82) is 0 Å². The van der Waals surface area contributed by atoms with Gasteiger partial charge in [0.2, 0.25) is 0 Å². The van der Waals surface area contributed by atoms with E-state index in [0.717, 1.165) is 0 Å². The molecule has 0 bridgehead atoms. The minimum Gasteiger partial charge on any atom is -0.0622 e. The molecule has 0 spiro atoms. The third-order valence-electron chi connectivity index (χ3n) is 11.8. The van der Waals surface area contributed by atoms with E-state index in [9.17, 15) is 0 Å². The van der Waals surface area contributed by atoms with Crippen molar-refractivity contribution in [2.24, 2.45) is 0 Å². The van der Waals surface area contributed by atoms with E-state index in [-0.39, 0.29) is 5.41 Å². The van der Waals surface area contributed by atoms with Gasteiger partial charge in [-0.25, -0.2) is 0 Å². The first kappa shape index (κ1) is 28.6. The van der Waals surface area contributed by atoms with Gasteiger partial charge in [-0.3, -0.25) is 0 Å². The summed E-state index contributed by atoms with van der Waals surface area (Å²) in [4.78, 5) is 0. The van der Waals surface area contributed by atoms with Crippen molar-refractivity contribution in [2.45, 2.75) is 19.3 Å². The molecule has 0 heteroatoms. The lowest BCUT2D eigenvalue weighted by molar-refractivity contribution is 0.660. The Kier molecular flexibility index (Phi) is 5.82. The second-order valence-corrected chi connectivity index (χ2v) is 14.8. The first-order valence-electron chi connectivity index (χ1n) is 18.0. The molecule has 0 N–H and O–H groups in total. The van der Waals surface area contributed by atoms with E-state index < -0.39 is 0 Å². The van der Waals surface area contributed by atoms with E-state index in [1.54, 1.807) is 0 Å². The number of hydrogen-bond donors (Lipinski definition) is 0. The van der Waals surface area contributed by atoms with Gasteiger partial charge in [-0.15, -0.1) is 0 Å². The average Bonchev–Trinajstić information content (AvgIpc) is 3.41. The predicted molar refractivity (Wildman–Crippen MR) is 219 cm³/mol. The molecular weight excluding hydrogens is 613 g/mol. The molecule has 10 aromatic carbocycles. The Balaban J connectivity index is 1.27. The van der Waals surface area contributed by atoms with E-state index >= 15 is 0 Å². The topological polar surface area (TPSA) is 0 Å². The lowest BCUT2D eigenvalue weighted by Crippen LogP contribution is -2.14. The maximum Gasteiger partial charge on any atom is 0.0159 e. The van der Waals surface area contributed by atoms with Gasteiger partial charge in [-0.1, -0.05) is 172 Å². The quantitative estimate of drug-likeness (QED) is 0.132. The van der Waals surface area contributed by atoms with Crippen LogP contribution < -0.4 is 0 Å². The van der Waals surface area contributed by atoms with Gasteiger partial charge in [-0.05, 0) is 122 Å². The zero-order chi connectivity index (χ0) is 33.8. The third kappa shape index (κ3) is 3.96. The fourth-order valence-electron chi connectivity index (χ4n) is 9.40. The fraction of sp³-hybridized carbons (Fsp3) is 0.0588. The highest BCUT2D eigenvalue weighted by Gasteiger charge is 2.35. The summed E-state index contributed by atoms with van der Waals surface area (Å²) < 4.78 is 0. The van der Waals surface area contributed by atoms with Crippen molar-refractivity contribution < 1.29 is 0 Å². The third-order valence-corrected chi connectivity index (χ3v) is 11.8. The van der Waals surface area contributed by atoms with Gasteiger partial charge < -0.3 is 0 Å². The van der Waals surface area contributed by atoms with Crippen LogP contribution in [0.4, 0.5) is 0 Å². The zero-order valence-corrected chi connectivity index (χ0v) is 28.7. The molecule has 0 aliphatic heterocycles. The van der Waals surface area contributed by atoms with Gasteiger partial charge >= 0.3 is 0 Å². The Morgan fingerprint density at radius 3 is 1.73 bits per heavy atom. The van der Waals surface area contributed by atoms with Gasteiger partial charge in [0.25, 0.3) is 0 Å². The van der Waals surface area contributed by atoms with E-state index in [0.29, 0.717) is 0 Å². The van der Waals surface area contributed by atoms with Crippen LogP contribution in [-0.2, 0) is 5.41 Å². The Hall–Kier alpha value is -6.24. The van der Waals surface area contributed by atoms with Crippen LogP contribution in [0.3, 0.4) is 0 Å². The summed E-state index contributed by atoms with van der Waals surface area (Å²) in [6.07, 6.45) is 0. The molecule has 0 unspecified atom stereocenters. The molecule has 238 valence electrons. The number of rotatable bonds is 3. The average molecular weight is 647 g/mol. The van der Waals surface area contributed by atoms with Crippen LogP contribution in [0.1, 0.15) is 25.0 Å². The Morgan fingerprint density at radius 1 is 0.314 bits per heavy atom. The van der Waals surface area contributed by atoms with Crippen molar-refractivity contribution in [3.05, 3.63) is 181 Å². The molecular formula is C51H34. The number of benzene rings is 10. The maximum absolute atomic E-state index is 2.48. The summed E-state index contributed by atoms with van der Waals surface area (Å²) in [7, 11) is 0. The normalized spacial score (nSPS) is 13.5. The summed E-state index contributed by atoms with van der Waals surface area (Å²) in [6.45, 7) is 4.75. The van der Waals surface area contributed by atoms with E-state index in [1.807, 2.05) is 0 Å². The van der Waals surface area contributed by atoms with Crippen LogP contribution >= 0.6 is 0 Å². The smallest absolute Gasteiger partial charge is 0.0159 e. The van der Waals surface area contributed by atoms with Crippen LogP contribution in [0, 0.1) is 0 Å². The van der Waals surface area contributed by atoms with E-state index in [1.165, 1.54) is 109 Å². The fourth-order valence-corrected chi connectivity index (χ4v) is 9.40. The molecule has 0 fully saturated rings. The van der Waals surface area contributed by atoms with Gasteiger partial charge in [-0.2, -0.15) is 0 Å². The molecule has 0 saturated carbocycles. The molecule has 11 rings (SSSR count). The van der Waals surface area contributed by atoms with Crippen LogP contribution in [0.15, 0.2) is 170 Å². The number of fused-ring (bicyclic) bond motifs is 5. The van der Waals surface area contributed by atoms with Crippen LogP contribution in [0.5, 0.6) is 0 Å². The monoisotopic (exact) mass is 646 g/mol. The van der Waals surface area contributed by atoms with Crippen molar-refractivity contribution in [3.8, 4) is 44.5 Å². The van der Waals surface area contributed by atoms with Crippen LogP contribution in [0.25, 0.3) is 98.4 Å². The van der Waals surface area contributed by atoms with Crippen molar-refractivity contribution in [2.75, 3.05) is 0 Å². The molecule has 0 saturated heterocycles. The molecule has 0 aromatic heterocycles. The predicted octanol–water partition coefficient (Wildman–Crippen LogP) is 14.2. The minimum atomic E-state index is -0.0737. The molecule has 0 heterocycles. The Labute approximate surface area is 297 Å². The molecule has 51 heavy (non-hydrogen) atoms. The molecule has 1 aliphatic rings. The van der Waals surface area contributed by atoms with Crippen molar-refractivity contribution in [3.63, 3.8) is 0 Å². The highest BCUT2D eigenvalue weighted by atomic mass is 14.4. The summed E-state index contributed by atoms with van der Waals surface area (Å²) in [5.74, 6) is 0. The summed E-state index contributed by atoms with van der Waals surface area (Å²) in [5.41, 5.74) is 13.1. The minimum absolute atomic E-state index is 0.0737. The molecule has 0 atom stereocenters. The first-order chi connectivity index (χ1) is 25.1. The lowest BCUT2D eigenvalue weighted by atomic mass is 9.80. The SMILES string of the molecule is CC1(C)c2ccccc2-c2ccc(-c3c4ccccc4c(-c4ccc5ccc6cccc7ccc4c5c67)c4cc(-c5ccccc5)ccc34)cc21. The van der Waals surface area contributed by atoms with Gasteiger partial charge in [0.15, 0.2) is 0 Å². The molecule has 0 amide bonds. The number of hydrogen-bond acceptors (Lipinski definition) is 0. The second-order valence-electron chi connectivity index (χ2n) is 14.8. The van der Waals surface area contributed by atoms with Gasteiger partial charge in [0.05, 0.1) is 0 Å². The highest BCUT2D eigenvalue weighted by Crippen LogP contribution is 2.52. The zero-order valence-electron chi connectivity index (χ0n) is 28.7. The van der Waals surface area contributed by atoms with Crippen LogP contribution in [-0.4, -0.2) is 0 Å². The molecule has 0 nitrogen and oxygen atoms in total. The van der Waals surface area contributed by atoms with Crippen molar-refractivity contribution in [1.82, 2.24) is 0 Å². The molecule has 1 aliphatic carbocycles. The standard InChI is InChI=1S/C51H34/c1-51(2)45-18-9-8-15-37(45)38-25-24-36(30-46(38)51)48-39-16-6-7-17-40(39)50(44-29-35(23-28-43(44)48)31-11-4-3-5-12-31)42-27-22-34-20-19-32-13-10-14-33-21-26-41(42)49(34)47(32)33/h3-30H,1-2H3. The molecule has 10 aromatic rings. The van der Waals surface area contributed by atoms with Gasteiger partial charge in [0.1, 0.15) is 0 Å². The first-order valence-corrected chi connectivity index (χ1v) is 18.0. The summed E-state index contributed by atoms with van der Waals surface area (Å²) >= 11 is 0. The highest BCUT2D eigenvalue weighted by molar-refractivity contribution is 6.29. The van der Waals surface area contributed by atoms with Crippen molar-refractivity contribution >= 4 is 53.9 Å². The van der Waals surface area contributed by atoms with Gasteiger partial charge in [0, 0.05) is 5.41 Å². The lowest BCUT2D eigenvalue weighted by Gasteiger charge is -2.23. The maximum atomic E-state index is 2.48. The summed E-state index contributed by atoms with van der Waals surface area (Å²) in [5, 5.41) is 13.0. The second kappa shape index (κ2) is 10.4.